The maximum absolute atomic E-state index is 11.4. The van der Waals surface area contributed by atoms with E-state index in [9.17, 15) is 4.79 Å². The number of nitrogens with one attached hydrogen (secondary N) is 2. The van der Waals surface area contributed by atoms with E-state index in [1.165, 1.54) is 25.7 Å². The molecule has 0 radical (unpaired) electrons. The molecule has 0 heterocycles. The zero-order valence-corrected chi connectivity index (χ0v) is 10.5. The Morgan fingerprint density at radius 1 is 1.19 bits per heavy atom. The first-order valence-electron chi connectivity index (χ1n) is 6.67. The number of rotatable bonds is 7. The predicted octanol–water partition coefficient (Wildman–Crippen LogP) is 1.54. The lowest BCUT2D eigenvalue weighted by molar-refractivity contribution is -0.120. The van der Waals surface area contributed by atoms with Crippen molar-refractivity contribution in [1.29, 1.82) is 0 Å². The third-order valence-corrected chi connectivity index (χ3v) is 3.57. The first kappa shape index (κ1) is 11.9. The number of carbonyl (C=O) groups is 1. The van der Waals surface area contributed by atoms with Crippen LogP contribution >= 0.6 is 0 Å². The van der Waals surface area contributed by atoms with Crippen LogP contribution in [-0.4, -0.2) is 25.0 Å². The lowest BCUT2D eigenvalue weighted by Crippen LogP contribution is -2.39. The molecule has 2 rings (SSSR count). The number of carbonyl (C=O) groups excluding carboxylic acids is 1. The SMILES string of the molecule is CC(C)NC(=O)CNCC(C1CC1)C1CC1. The van der Waals surface area contributed by atoms with Gasteiger partial charge < -0.3 is 10.6 Å². The smallest absolute Gasteiger partial charge is 0.234 e. The highest BCUT2D eigenvalue weighted by Crippen LogP contribution is 2.48. The zero-order valence-electron chi connectivity index (χ0n) is 10.5. The van der Waals surface area contributed by atoms with E-state index >= 15 is 0 Å². The molecule has 0 bridgehead atoms. The molecule has 2 N–H and O–H groups in total. The van der Waals surface area contributed by atoms with Crippen molar-refractivity contribution in [2.45, 2.75) is 45.6 Å². The molecule has 0 aromatic rings. The second-order valence-corrected chi connectivity index (χ2v) is 5.69. The third kappa shape index (κ3) is 3.78. The lowest BCUT2D eigenvalue weighted by atomic mass is 9.98. The Bertz CT molecular complexity index is 232. The molecule has 2 saturated carbocycles. The Balaban J connectivity index is 1.60. The van der Waals surface area contributed by atoms with E-state index in [2.05, 4.69) is 10.6 Å². The average molecular weight is 224 g/mol. The Hall–Kier alpha value is -0.570. The summed E-state index contributed by atoms with van der Waals surface area (Å²) < 4.78 is 0. The molecule has 2 aliphatic carbocycles. The van der Waals surface area contributed by atoms with Gasteiger partial charge in [-0.1, -0.05) is 0 Å². The summed E-state index contributed by atoms with van der Waals surface area (Å²) >= 11 is 0. The van der Waals surface area contributed by atoms with Gasteiger partial charge in [0.2, 0.25) is 5.91 Å². The van der Waals surface area contributed by atoms with Crippen LogP contribution in [0.2, 0.25) is 0 Å². The second kappa shape index (κ2) is 5.17. The van der Waals surface area contributed by atoms with Crippen molar-refractivity contribution in [2.75, 3.05) is 13.1 Å². The van der Waals surface area contributed by atoms with Gasteiger partial charge in [0.05, 0.1) is 6.54 Å². The summed E-state index contributed by atoms with van der Waals surface area (Å²) in [6, 6.07) is 0.247. The van der Waals surface area contributed by atoms with Crippen molar-refractivity contribution < 1.29 is 4.79 Å². The maximum Gasteiger partial charge on any atom is 0.234 e. The molecule has 0 atom stereocenters. The van der Waals surface area contributed by atoms with E-state index in [0.29, 0.717) is 6.54 Å². The van der Waals surface area contributed by atoms with Gasteiger partial charge in [-0.15, -0.1) is 0 Å². The molecule has 0 spiro atoms. The first-order chi connectivity index (χ1) is 7.66. The lowest BCUT2D eigenvalue weighted by Gasteiger charge is -2.16. The van der Waals surface area contributed by atoms with Crippen molar-refractivity contribution >= 4 is 5.91 Å². The highest BCUT2D eigenvalue weighted by atomic mass is 16.1. The van der Waals surface area contributed by atoms with Gasteiger partial charge in [-0.2, -0.15) is 0 Å². The molecule has 0 aromatic carbocycles. The minimum Gasteiger partial charge on any atom is -0.353 e. The van der Waals surface area contributed by atoms with Crippen molar-refractivity contribution in [2.24, 2.45) is 17.8 Å². The van der Waals surface area contributed by atoms with E-state index in [4.69, 9.17) is 0 Å². The van der Waals surface area contributed by atoms with Crippen molar-refractivity contribution in [1.82, 2.24) is 10.6 Å². The summed E-state index contributed by atoms with van der Waals surface area (Å²) in [5.41, 5.74) is 0. The molecule has 1 amide bonds. The van der Waals surface area contributed by atoms with Crippen molar-refractivity contribution in [3.8, 4) is 0 Å². The van der Waals surface area contributed by atoms with Crippen LogP contribution in [0.1, 0.15) is 39.5 Å². The first-order valence-corrected chi connectivity index (χ1v) is 6.67. The molecule has 3 heteroatoms. The summed E-state index contributed by atoms with van der Waals surface area (Å²) in [6.07, 6.45) is 5.67. The summed E-state index contributed by atoms with van der Waals surface area (Å²) in [6.45, 7) is 5.51. The van der Waals surface area contributed by atoms with Crippen LogP contribution in [0, 0.1) is 17.8 Å². The fraction of sp³-hybridized carbons (Fsp3) is 0.923. The monoisotopic (exact) mass is 224 g/mol. The van der Waals surface area contributed by atoms with Crippen molar-refractivity contribution in [3.63, 3.8) is 0 Å². The molecule has 3 nitrogen and oxygen atoms in total. The molecular weight excluding hydrogens is 200 g/mol. The molecule has 2 fully saturated rings. The highest BCUT2D eigenvalue weighted by molar-refractivity contribution is 5.78. The normalized spacial score (nSPS) is 20.5. The molecule has 0 aliphatic heterocycles. The van der Waals surface area contributed by atoms with E-state index in [1.54, 1.807) is 0 Å². The fourth-order valence-corrected chi connectivity index (χ4v) is 2.49. The Morgan fingerprint density at radius 2 is 1.75 bits per heavy atom. The quantitative estimate of drug-likeness (QED) is 0.688. The van der Waals surface area contributed by atoms with Crippen LogP contribution in [0.4, 0.5) is 0 Å². The summed E-state index contributed by atoms with van der Waals surface area (Å²) in [5, 5.41) is 6.23. The molecule has 92 valence electrons. The number of amides is 1. The van der Waals surface area contributed by atoms with Crippen LogP contribution in [-0.2, 0) is 4.79 Å². The van der Waals surface area contributed by atoms with E-state index in [0.717, 1.165) is 24.3 Å². The van der Waals surface area contributed by atoms with Gasteiger partial charge in [-0.05, 0) is 63.8 Å². The summed E-state index contributed by atoms with van der Waals surface area (Å²) in [5.74, 6) is 2.91. The molecule has 16 heavy (non-hydrogen) atoms. The Morgan fingerprint density at radius 3 is 2.19 bits per heavy atom. The number of hydrogen-bond acceptors (Lipinski definition) is 2. The average Bonchev–Trinajstić information content (AvgIpc) is 3.02. The van der Waals surface area contributed by atoms with Gasteiger partial charge >= 0.3 is 0 Å². The minimum absolute atomic E-state index is 0.125. The molecular formula is C13H24N2O. The molecule has 0 unspecified atom stereocenters. The summed E-state index contributed by atoms with van der Waals surface area (Å²) in [4.78, 5) is 11.4. The highest BCUT2D eigenvalue weighted by Gasteiger charge is 2.40. The number of hydrogen-bond donors (Lipinski definition) is 2. The minimum atomic E-state index is 0.125. The Kier molecular flexibility index (Phi) is 3.85. The second-order valence-electron chi connectivity index (χ2n) is 5.69. The van der Waals surface area contributed by atoms with Gasteiger partial charge in [0.15, 0.2) is 0 Å². The van der Waals surface area contributed by atoms with Crippen molar-refractivity contribution in [3.05, 3.63) is 0 Å². The molecule has 2 aliphatic rings. The van der Waals surface area contributed by atoms with Crippen LogP contribution in [0.15, 0.2) is 0 Å². The van der Waals surface area contributed by atoms with Gasteiger partial charge in [0.25, 0.3) is 0 Å². The largest absolute Gasteiger partial charge is 0.353 e. The van der Waals surface area contributed by atoms with Crippen LogP contribution in [0.5, 0.6) is 0 Å². The Labute approximate surface area is 98.4 Å². The molecule has 0 saturated heterocycles. The van der Waals surface area contributed by atoms with Gasteiger partial charge in [-0.25, -0.2) is 0 Å². The van der Waals surface area contributed by atoms with Gasteiger partial charge in [0.1, 0.15) is 0 Å². The standard InChI is InChI=1S/C13H24N2O/c1-9(2)15-13(16)8-14-7-12(10-3-4-10)11-5-6-11/h9-12,14H,3-8H2,1-2H3,(H,15,16). The van der Waals surface area contributed by atoms with E-state index in [1.807, 2.05) is 13.8 Å². The fourth-order valence-electron chi connectivity index (χ4n) is 2.49. The predicted molar refractivity (Wildman–Crippen MR) is 65.1 cm³/mol. The zero-order chi connectivity index (χ0) is 11.5. The van der Waals surface area contributed by atoms with E-state index in [-0.39, 0.29) is 11.9 Å². The van der Waals surface area contributed by atoms with Crippen LogP contribution < -0.4 is 10.6 Å². The van der Waals surface area contributed by atoms with Gasteiger partial charge in [-0.3, -0.25) is 4.79 Å². The summed E-state index contributed by atoms with van der Waals surface area (Å²) in [7, 11) is 0. The molecule has 0 aromatic heterocycles. The topological polar surface area (TPSA) is 41.1 Å². The van der Waals surface area contributed by atoms with Crippen LogP contribution in [0.25, 0.3) is 0 Å². The van der Waals surface area contributed by atoms with Crippen LogP contribution in [0.3, 0.4) is 0 Å². The van der Waals surface area contributed by atoms with E-state index < -0.39 is 0 Å². The third-order valence-electron chi connectivity index (χ3n) is 3.57. The van der Waals surface area contributed by atoms with Gasteiger partial charge in [0, 0.05) is 6.04 Å². The maximum atomic E-state index is 11.4.